The topological polar surface area (TPSA) is 21.3 Å². The van der Waals surface area contributed by atoms with E-state index in [0.29, 0.717) is 11.5 Å². The minimum atomic E-state index is 0.484. The van der Waals surface area contributed by atoms with Gasteiger partial charge in [0.25, 0.3) is 0 Å². The summed E-state index contributed by atoms with van der Waals surface area (Å²) in [6, 6.07) is 0. The molecule has 2 atom stereocenters. The number of nitrogens with one attached hydrogen (secondary N) is 1. The first-order valence-corrected chi connectivity index (χ1v) is 3.64. The Bertz CT molecular complexity index is 126. The summed E-state index contributed by atoms with van der Waals surface area (Å²) in [5.41, 5.74) is 0.484. The summed E-state index contributed by atoms with van der Waals surface area (Å²) in [5.74, 6) is 0. The van der Waals surface area contributed by atoms with E-state index < -0.39 is 0 Å². The van der Waals surface area contributed by atoms with Crippen LogP contribution in [0, 0.1) is 5.41 Å². The Balaban J connectivity index is 2.05. The van der Waals surface area contributed by atoms with E-state index in [4.69, 9.17) is 4.74 Å². The highest BCUT2D eigenvalue weighted by atomic mass is 16.5. The molecule has 9 heavy (non-hydrogen) atoms. The average molecular weight is 127 g/mol. The standard InChI is InChI=1S/C7H13NO/c1-7-4-8-3-2-6(7)9-5-7/h6,8H,2-5H2,1H3/t6-,7-/m0/s1. The molecule has 2 rings (SSSR count). The zero-order valence-corrected chi connectivity index (χ0v) is 5.81. The van der Waals surface area contributed by atoms with E-state index in [-0.39, 0.29) is 0 Å². The van der Waals surface area contributed by atoms with Crippen LogP contribution in [0.2, 0.25) is 0 Å². The second-order valence-electron chi connectivity index (χ2n) is 3.42. The quantitative estimate of drug-likeness (QED) is 0.508. The fourth-order valence-electron chi connectivity index (χ4n) is 1.69. The lowest BCUT2D eigenvalue weighted by atomic mass is 9.76. The molecule has 0 aromatic heterocycles. The highest BCUT2D eigenvalue weighted by Gasteiger charge is 2.45. The largest absolute Gasteiger partial charge is 0.377 e. The molecule has 0 aliphatic carbocycles. The zero-order valence-electron chi connectivity index (χ0n) is 5.81. The summed E-state index contributed by atoms with van der Waals surface area (Å²) in [6.07, 6.45) is 1.77. The Kier molecular flexibility index (Phi) is 1.08. The molecule has 0 radical (unpaired) electrons. The van der Waals surface area contributed by atoms with Crippen LogP contribution in [-0.2, 0) is 4.74 Å². The van der Waals surface area contributed by atoms with Gasteiger partial charge in [0.15, 0.2) is 0 Å². The number of ether oxygens (including phenoxy) is 1. The number of rotatable bonds is 0. The highest BCUT2D eigenvalue weighted by molar-refractivity contribution is 4.95. The summed E-state index contributed by atoms with van der Waals surface area (Å²) in [7, 11) is 0. The van der Waals surface area contributed by atoms with Gasteiger partial charge in [0.2, 0.25) is 0 Å². The van der Waals surface area contributed by atoms with Crippen LogP contribution in [0.5, 0.6) is 0 Å². The van der Waals surface area contributed by atoms with Gasteiger partial charge in [-0.1, -0.05) is 6.92 Å². The second kappa shape index (κ2) is 1.70. The maximum Gasteiger partial charge on any atom is 0.0675 e. The maximum atomic E-state index is 5.40. The van der Waals surface area contributed by atoms with Crippen molar-refractivity contribution in [2.75, 3.05) is 19.7 Å². The van der Waals surface area contributed by atoms with Crippen molar-refractivity contribution in [2.24, 2.45) is 5.41 Å². The lowest BCUT2D eigenvalue weighted by Gasteiger charge is -2.50. The van der Waals surface area contributed by atoms with Crippen LogP contribution in [0.1, 0.15) is 13.3 Å². The number of hydrogen-bond acceptors (Lipinski definition) is 2. The first-order chi connectivity index (χ1) is 4.31. The van der Waals surface area contributed by atoms with Gasteiger partial charge in [0.1, 0.15) is 0 Å². The van der Waals surface area contributed by atoms with Crippen LogP contribution >= 0.6 is 0 Å². The molecule has 2 aliphatic rings. The van der Waals surface area contributed by atoms with Crippen LogP contribution in [0.4, 0.5) is 0 Å². The molecule has 0 amide bonds. The van der Waals surface area contributed by atoms with Crippen LogP contribution in [0.15, 0.2) is 0 Å². The molecule has 0 saturated carbocycles. The number of piperidine rings is 1. The van der Waals surface area contributed by atoms with Gasteiger partial charge in [0, 0.05) is 12.0 Å². The predicted molar refractivity (Wildman–Crippen MR) is 35.3 cm³/mol. The number of hydrogen-bond donors (Lipinski definition) is 1. The molecule has 0 bridgehead atoms. The summed E-state index contributed by atoms with van der Waals surface area (Å²) in [5, 5.41) is 3.38. The third-order valence-electron chi connectivity index (χ3n) is 2.50. The minimum absolute atomic E-state index is 0.484. The molecule has 0 spiro atoms. The molecule has 52 valence electrons. The lowest BCUT2D eigenvalue weighted by Crippen LogP contribution is -2.59. The predicted octanol–water partition coefficient (Wildman–Crippen LogP) is 0.385. The second-order valence-corrected chi connectivity index (χ2v) is 3.42. The molecule has 2 aliphatic heterocycles. The first-order valence-electron chi connectivity index (χ1n) is 3.64. The first kappa shape index (κ1) is 5.69. The molecule has 2 heteroatoms. The summed E-state index contributed by atoms with van der Waals surface area (Å²) in [6.45, 7) is 5.55. The van der Waals surface area contributed by atoms with Gasteiger partial charge < -0.3 is 10.1 Å². The Morgan fingerprint density at radius 2 is 2.56 bits per heavy atom. The van der Waals surface area contributed by atoms with E-state index in [1.807, 2.05) is 0 Å². The van der Waals surface area contributed by atoms with Gasteiger partial charge in [-0.2, -0.15) is 0 Å². The molecule has 0 aromatic rings. The molecule has 0 aromatic carbocycles. The van der Waals surface area contributed by atoms with Crippen molar-refractivity contribution in [3.05, 3.63) is 0 Å². The van der Waals surface area contributed by atoms with Gasteiger partial charge in [-0.25, -0.2) is 0 Å². The van der Waals surface area contributed by atoms with E-state index in [0.717, 1.165) is 19.7 Å². The van der Waals surface area contributed by atoms with Crippen molar-refractivity contribution < 1.29 is 4.74 Å². The number of fused-ring (bicyclic) bond motifs is 1. The average Bonchev–Trinajstić information content (AvgIpc) is 1.82. The molecular weight excluding hydrogens is 114 g/mol. The van der Waals surface area contributed by atoms with Gasteiger partial charge in [-0.05, 0) is 13.0 Å². The Labute approximate surface area is 55.6 Å². The molecule has 2 nitrogen and oxygen atoms in total. The molecule has 2 saturated heterocycles. The van der Waals surface area contributed by atoms with Crippen LogP contribution in [0.3, 0.4) is 0 Å². The van der Waals surface area contributed by atoms with Crippen molar-refractivity contribution in [1.29, 1.82) is 0 Å². The summed E-state index contributed by atoms with van der Waals surface area (Å²) in [4.78, 5) is 0. The van der Waals surface area contributed by atoms with Crippen molar-refractivity contribution in [1.82, 2.24) is 5.32 Å². The van der Waals surface area contributed by atoms with Crippen LogP contribution < -0.4 is 5.32 Å². The fourth-order valence-corrected chi connectivity index (χ4v) is 1.69. The maximum absolute atomic E-state index is 5.40. The minimum Gasteiger partial charge on any atom is -0.377 e. The molecule has 2 heterocycles. The zero-order chi connectivity index (χ0) is 6.32. The fraction of sp³-hybridized carbons (Fsp3) is 1.00. The SMILES string of the molecule is C[C@@]12CNCC[C@@H]1OC2. The lowest BCUT2D eigenvalue weighted by molar-refractivity contribution is -0.188. The summed E-state index contributed by atoms with van der Waals surface area (Å²) < 4.78 is 5.40. The third-order valence-corrected chi connectivity index (χ3v) is 2.50. The molecule has 2 fully saturated rings. The smallest absolute Gasteiger partial charge is 0.0675 e. The van der Waals surface area contributed by atoms with Gasteiger partial charge >= 0.3 is 0 Å². The van der Waals surface area contributed by atoms with E-state index in [1.54, 1.807) is 0 Å². The third kappa shape index (κ3) is 0.700. The Morgan fingerprint density at radius 1 is 1.67 bits per heavy atom. The molecule has 1 N–H and O–H groups in total. The Hall–Kier alpha value is -0.0800. The summed E-state index contributed by atoms with van der Waals surface area (Å²) >= 11 is 0. The van der Waals surface area contributed by atoms with Gasteiger partial charge in [-0.15, -0.1) is 0 Å². The van der Waals surface area contributed by atoms with E-state index >= 15 is 0 Å². The monoisotopic (exact) mass is 127 g/mol. The molecule has 0 unspecified atom stereocenters. The van der Waals surface area contributed by atoms with Gasteiger partial charge in [-0.3, -0.25) is 0 Å². The van der Waals surface area contributed by atoms with E-state index in [1.165, 1.54) is 6.42 Å². The van der Waals surface area contributed by atoms with Crippen LogP contribution in [-0.4, -0.2) is 25.8 Å². The highest BCUT2D eigenvalue weighted by Crippen LogP contribution is 2.37. The van der Waals surface area contributed by atoms with Crippen molar-refractivity contribution in [3.63, 3.8) is 0 Å². The van der Waals surface area contributed by atoms with E-state index in [9.17, 15) is 0 Å². The van der Waals surface area contributed by atoms with Crippen LogP contribution in [0.25, 0.3) is 0 Å². The van der Waals surface area contributed by atoms with Crippen molar-refractivity contribution in [2.45, 2.75) is 19.4 Å². The van der Waals surface area contributed by atoms with Gasteiger partial charge in [0.05, 0.1) is 12.7 Å². The molecular formula is C7H13NO. The Morgan fingerprint density at radius 3 is 2.89 bits per heavy atom. The van der Waals surface area contributed by atoms with E-state index in [2.05, 4.69) is 12.2 Å². The normalized spacial score (nSPS) is 49.7. The van der Waals surface area contributed by atoms with Crippen molar-refractivity contribution >= 4 is 0 Å². The van der Waals surface area contributed by atoms with Crippen molar-refractivity contribution in [3.8, 4) is 0 Å².